The lowest BCUT2D eigenvalue weighted by Gasteiger charge is -2.06. The number of amides is 1. The van der Waals surface area contributed by atoms with Gasteiger partial charge in [0.2, 0.25) is 5.91 Å². The molecule has 3 nitrogen and oxygen atoms in total. The van der Waals surface area contributed by atoms with Crippen molar-refractivity contribution >= 4 is 23.4 Å². The Morgan fingerprint density at radius 1 is 1.56 bits per heavy atom. The van der Waals surface area contributed by atoms with Gasteiger partial charge in [-0.3, -0.25) is 4.79 Å². The highest BCUT2D eigenvalue weighted by Gasteiger charge is 2.22. The minimum absolute atomic E-state index is 0.128. The highest BCUT2D eigenvalue weighted by Crippen LogP contribution is 2.24. The number of anilines is 1. The van der Waals surface area contributed by atoms with Gasteiger partial charge in [-0.05, 0) is 43.5 Å². The van der Waals surface area contributed by atoms with Crippen molar-refractivity contribution in [2.75, 3.05) is 11.5 Å². The molecule has 1 saturated carbocycles. The van der Waals surface area contributed by atoms with E-state index in [1.54, 1.807) is 11.8 Å². The van der Waals surface area contributed by atoms with E-state index >= 15 is 0 Å². The fourth-order valence-electron chi connectivity index (χ4n) is 1.47. The molecule has 0 aromatic heterocycles. The molecule has 0 heterocycles. The lowest BCUT2D eigenvalue weighted by Crippen LogP contribution is -2.26. The number of rotatable bonds is 4. The third-order valence-corrected chi connectivity index (χ3v) is 3.68. The first-order chi connectivity index (χ1) is 7.65. The van der Waals surface area contributed by atoms with Crippen molar-refractivity contribution in [2.24, 2.45) is 0 Å². The van der Waals surface area contributed by atoms with Gasteiger partial charge in [-0.2, -0.15) is 0 Å². The predicted molar refractivity (Wildman–Crippen MR) is 67.5 cm³/mol. The molecule has 4 heteroatoms. The van der Waals surface area contributed by atoms with Crippen LogP contribution in [0.4, 0.5) is 5.69 Å². The van der Waals surface area contributed by atoms with E-state index < -0.39 is 0 Å². The number of carbonyl (C=O) groups is 1. The first kappa shape index (κ1) is 11.3. The number of benzene rings is 1. The molecule has 1 aromatic carbocycles. The van der Waals surface area contributed by atoms with Gasteiger partial charge in [0, 0.05) is 16.6 Å². The second-order valence-corrected chi connectivity index (χ2v) is 5.17. The second kappa shape index (κ2) is 4.78. The average Bonchev–Trinajstić information content (AvgIpc) is 3.00. The number of hydrogen-bond acceptors (Lipinski definition) is 3. The van der Waals surface area contributed by atoms with Crippen molar-refractivity contribution in [3.63, 3.8) is 0 Å². The summed E-state index contributed by atoms with van der Waals surface area (Å²) in [5.41, 5.74) is 7.57. The average molecular weight is 236 g/mol. The van der Waals surface area contributed by atoms with Crippen molar-refractivity contribution in [3.05, 3.63) is 23.8 Å². The Hall–Kier alpha value is -1.16. The Morgan fingerprint density at radius 2 is 2.31 bits per heavy atom. The van der Waals surface area contributed by atoms with Crippen LogP contribution in [-0.4, -0.2) is 17.7 Å². The van der Waals surface area contributed by atoms with E-state index in [0.29, 0.717) is 11.8 Å². The summed E-state index contributed by atoms with van der Waals surface area (Å²) in [5, 5.41) is 2.97. The Balaban J connectivity index is 1.85. The molecule has 1 fully saturated rings. The highest BCUT2D eigenvalue weighted by atomic mass is 32.2. The summed E-state index contributed by atoms with van der Waals surface area (Å²) in [6.07, 6.45) is 2.27. The van der Waals surface area contributed by atoms with E-state index in [1.807, 2.05) is 25.1 Å². The first-order valence-corrected chi connectivity index (χ1v) is 6.42. The maximum absolute atomic E-state index is 11.5. The van der Waals surface area contributed by atoms with E-state index in [1.165, 1.54) is 0 Å². The molecule has 1 aliphatic rings. The molecule has 0 unspecified atom stereocenters. The van der Waals surface area contributed by atoms with Crippen LogP contribution >= 0.6 is 11.8 Å². The molecule has 0 aliphatic heterocycles. The number of nitrogen functional groups attached to an aromatic ring is 1. The van der Waals surface area contributed by atoms with Crippen molar-refractivity contribution in [3.8, 4) is 0 Å². The lowest BCUT2D eigenvalue weighted by atomic mass is 10.2. The molecule has 3 N–H and O–H groups in total. The minimum atomic E-state index is 0.128. The normalized spacial score (nSPS) is 14.8. The molecule has 1 aromatic rings. The number of hydrogen-bond donors (Lipinski definition) is 2. The Labute approximate surface area is 99.8 Å². The van der Waals surface area contributed by atoms with Crippen LogP contribution in [0.15, 0.2) is 23.1 Å². The van der Waals surface area contributed by atoms with Gasteiger partial charge < -0.3 is 11.1 Å². The van der Waals surface area contributed by atoms with Crippen LogP contribution in [0.5, 0.6) is 0 Å². The Bertz CT molecular complexity index is 402. The maximum Gasteiger partial charge on any atom is 0.230 e. The fraction of sp³-hybridized carbons (Fsp3) is 0.417. The molecule has 1 amide bonds. The third kappa shape index (κ3) is 3.17. The number of nitrogens with one attached hydrogen (secondary N) is 1. The van der Waals surface area contributed by atoms with Gasteiger partial charge in [0.15, 0.2) is 0 Å². The van der Waals surface area contributed by atoms with Crippen LogP contribution in [0.1, 0.15) is 18.4 Å². The van der Waals surface area contributed by atoms with Crippen LogP contribution in [0.2, 0.25) is 0 Å². The zero-order chi connectivity index (χ0) is 11.5. The maximum atomic E-state index is 11.5. The fourth-order valence-corrected chi connectivity index (χ4v) is 2.30. The molecule has 2 rings (SSSR count). The summed E-state index contributed by atoms with van der Waals surface area (Å²) in [4.78, 5) is 12.6. The summed E-state index contributed by atoms with van der Waals surface area (Å²) >= 11 is 1.57. The molecule has 0 bridgehead atoms. The van der Waals surface area contributed by atoms with Crippen LogP contribution in [0.3, 0.4) is 0 Å². The van der Waals surface area contributed by atoms with Crippen molar-refractivity contribution in [2.45, 2.75) is 30.7 Å². The summed E-state index contributed by atoms with van der Waals surface area (Å²) in [6.45, 7) is 2.01. The quantitative estimate of drug-likeness (QED) is 0.620. The summed E-state index contributed by atoms with van der Waals surface area (Å²) in [6, 6.07) is 6.22. The van der Waals surface area contributed by atoms with E-state index in [-0.39, 0.29) is 5.91 Å². The topological polar surface area (TPSA) is 55.1 Å². The largest absolute Gasteiger partial charge is 0.399 e. The molecule has 0 atom stereocenters. The molecule has 0 saturated heterocycles. The molecular weight excluding hydrogens is 220 g/mol. The number of thioether (sulfide) groups is 1. The summed E-state index contributed by atoms with van der Waals surface area (Å²) in [7, 11) is 0. The first-order valence-electron chi connectivity index (χ1n) is 5.43. The highest BCUT2D eigenvalue weighted by molar-refractivity contribution is 8.00. The SMILES string of the molecule is Cc1cc(N)ccc1SCC(=O)NC1CC1. The lowest BCUT2D eigenvalue weighted by molar-refractivity contribution is -0.118. The van der Waals surface area contributed by atoms with Gasteiger partial charge in [0.05, 0.1) is 5.75 Å². The zero-order valence-corrected chi connectivity index (χ0v) is 10.1. The van der Waals surface area contributed by atoms with E-state index in [2.05, 4.69) is 5.32 Å². The smallest absolute Gasteiger partial charge is 0.230 e. The molecule has 16 heavy (non-hydrogen) atoms. The van der Waals surface area contributed by atoms with Crippen LogP contribution in [0.25, 0.3) is 0 Å². The monoisotopic (exact) mass is 236 g/mol. The summed E-state index contributed by atoms with van der Waals surface area (Å²) in [5.74, 6) is 0.616. The van der Waals surface area contributed by atoms with E-state index in [0.717, 1.165) is 29.0 Å². The van der Waals surface area contributed by atoms with E-state index in [4.69, 9.17) is 5.73 Å². The van der Waals surface area contributed by atoms with Crippen molar-refractivity contribution in [1.29, 1.82) is 0 Å². The predicted octanol–water partition coefficient (Wildman–Crippen LogP) is 1.95. The Morgan fingerprint density at radius 3 is 2.94 bits per heavy atom. The molecule has 1 aliphatic carbocycles. The van der Waals surface area contributed by atoms with Gasteiger partial charge in [0.25, 0.3) is 0 Å². The van der Waals surface area contributed by atoms with Gasteiger partial charge >= 0.3 is 0 Å². The zero-order valence-electron chi connectivity index (χ0n) is 9.32. The molecule has 0 spiro atoms. The third-order valence-electron chi connectivity index (χ3n) is 2.50. The summed E-state index contributed by atoms with van der Waals surface area (Å²) < 4.78 is 0. The molecular formula is C12H16N2OS. The standard InChI is InChI=1S/C12H16N2OS/c1-8-6-9(13)2-5-11(8)16-7-12(15)14-10-3-4-10/h2,5-6,10H,3-4,7,13H2,1H3,(H,14,15). The number of nitrogens with two attached hydrogens (primary N) is 1. The van der Waals surface area contributed by atoms with Crippen LogP contribution in [0, 0.1) is 6.92 Å². The number of carbonyl (C=O) groups excluding carboxylic acids is 1. The van der Waals surface area contributed by atoms with Gasteiger partial charge in [-0.1, -0.05) is 0 Å². The van der Waals surface area contributed by atoms with E-state index in [9.17, 15) is 4.79 Å². The number of aryl methyl sites for hydroxylation is 1. The van der Waals surface area contributed by atoms with Crippen molar-refractivity contribution < 1.29 is 4.79 Å². The molecule has 0 radical (unpaired) electrons. The van der Waals surface area contributed by atoms with Gasteiger partial charge in [-0.25, -0.2) is 0 Å². The molecule has 86 valence electrons. The van der Waals surface area contributed by atoms with Gasteiger partial charge in [-0.15, -0.1) is 11.8 Å². The van der Waals surface area contributed by atoms with Crippen LogP contribution < -0.4 is 11.1 Å². The second-order valence-electron chi connectivity index (χ2n) is 4.16. The van der Waals surface area contributed by atoms with Crippen molar-refractivity contribution in [1.82, 2.24) is 5.32 Å². The van der Waals surface area contributed by atoms with Crippen LogP contribution in [-0.2, 0) is 4.79 Å². The van der Waals surface area contributed by atoms with Gasteiger partial charge in [0.1, 0.15) is 0 Å². The minimum Gasteiger partial charge on any atom is -0.399 e. The Kier molecular flexibility index (Phi) is 3.39.